The van der Waals surface area contributed by atoms with Crippen LogP contribution in [-0.2, 0) is 11.2 Å². The smallest absolute Gasteiger partial charge is 0.252 e. The minimum absolute atomic E-state index is 0.291. The molecular weight excluding hydrogens is 355 g/mol. The van der Waals surface area contributed by atoms with Crippen LogP contribution in [0.5, 0.6) is 0 Å². The number of hydrogen-bond acceptors (Lipinski definition) is 2. The third kappa shape index (κ3) is 5.27. The average molecular weight is 376 g/mol. The van der Waals surface area contributed by atoms with E-state index < -0.39 is 6.04 Å². The lowest BCUT2D eigenvalue weighted by atomic mass is 10.0. The van der Waals surface area contributed by atoms with Crippen molar-refractivity contribution in [1.29, 1.82) is 0 Å². The van der Waals surface area contributed by atoms with Crippen molar-refractivity contribution in [2.75, 3.05) is 6.54 Å². The van der Waals surface area contributed by atoms with Gasteiger partial charge in [-0.2, -0.15) is 0 Å². The molecule has 0 heterocycles. The van der Waals surface area contributed by atoms with Gasteiger partial charge in [-0.25, -0.2) is 4.39 Å². The molecule has 5 heteroatoms. The van der Waals surface area contributed by atoms with Crippen molar-refractivity contribution in [3.8, 4) is 0 Å². The first-order valence-electron chi connectivity index (χ1n) is 9.06. The van der Waals surface area contributed by atoms with Crippen LogP contribution in [0, 0.1) is 5.82 Å². The lowest BCUT2D eigenvalue weighted by Crippen LogP contribution is -2.41. The van der Waals surface area contributed by atoms with E-state index in [4.69, 9.17) is 0 Å². The zero-order chi connectivity index (χ0) is 19.8. The van der Waals surface area contributed by atoms with Crippen LogP contribution >= 0.6 is 0 Å². The van der Waals surface area contributed by atoms with E-state index in [1.54, 1.807) is 48.5 Å². The Kier molecular flexibility index (Phi) is 6.52. The van der Waals surface area contributed by atoms with Crippen LogP contribution in [0.2, 0.25) is 0 Å². The number of rotatable bonds is 7. The van der Waals surface area contributed by atoms with Gasteiger partial charge >= 0.3 is 0 Å². The summed E-state index contributed by atoms with van der Waals surface area (Å²) in [5.74, 6) is -0.902. The molecule has 0 fully saturated rings. The number of carbonyl (C=O) groups excluding carboxylic acids is 2. The summed E-state index contributed by atoms with van der Waals surface area (Å²) in [6.07, 6.45) is 0.570. The van der Waals surface area contributed by atoms with E-state index >= 15 is 0 Å². The number of carbonyl (C=O) groups is 2. The third-order valence-corrected chi connectivity index (χ3v) is 4.33. The first kappa shape index (κ1) is 19.3. The molecule has 0 aromatic heterocycles. The fourth-order valence-electron chi connectivity index (χ4n) is 2.83. The van der Waals surface area contributed by atoms with E-state index in [9.17, 15) is 14.0 Å². The van der Waals surface area contributed by atoms with Gasteiger partial charge in [-0.05, 0) is 41.8 Å². The van der Waals surface area contributed by atoms with Crippen molar-refractivity contribution < 1.29 is 14.0 Å². The summed E-state index contributed by atoms with van der Waals surface area (Å²) in [6, 6.07) is 23.2. The summed E-state index contributed by atoms with van der Waals surface area (Å²) in [5, 5.41) is 5.66. The van der Waals surface area contributed by atoms with Gasteiger partial charge in [-0.15, -0.1) is 0 Å². The summed E-state index contributed by atoms with van der Waals surface area (Å²) in [7, 11) is 0. The predicted molar refractivity (Wildman–Crippen MR) is 106 cm³/mol. The van der Waals surface area contributed by atoms with Crippen molar-refractivity contribution in [3.05, 3.63) is 107 Å². The maximum Gasteiger partial charge on any atom is 0.252 e. The molecule has 0 aliphatic rings. The minimum atomic E-state index is -0.804. The van der Waals surface area contributed by atoms with Crippen LogP contribution in [0.1, 0.15) is 27.5 Å². The van der Waals surface area contributed by atoms with Crippen LogP contribution < -0.4 is 10.6 Å². The van der Waals surface area contributed by atoms with Crippen LogP contribution in [0.4, 0.5) is 4.39 Å². The van der Waals surface area contributed by atoms with E-state index in [0.717, 1.165) is 5.56 Å². The van der Waals surface area contributed by atoms with E-state index in [2.05, 4.69) is 10.6 Å². The Bertz CT molecular complexity index is 912. The topological polar surface area (TPSA) is 58.2 Å². The molecule has 28 heavy (non-hydrogen) atoms. The molecule has 4 nitrogen and oxygen atoms in total. The zero-order valence-corrected chi connectivity index (χ0v) is 15.3. The molecule has 0 aliphatic heterocycles. The molecule has 0 saturated heterocycles. The van der Waals surface area contributed by atoms with Gasteiger partial charge in [-0.3, -0.25) is 9.59 Å². The minimum Gasteiger partial charge on any atom is -0.354 e. The number of halogens is 1. The summed E-state index contributed by atoms with van der Waals surface area (Å²) in [6.45, 7) is 0.384. The number of amides is 2. The molecule has 3 aromatic carbocycles. The highest BCUT2D eigenvalue weighted by Crippen LogP contribution is 2.14. The van der Waals surface area contributed by atoms with Gasteiger partial charge in [0.15, 0.2) is 0 Å². The quantitative estimate of drug-likeness (QED) is 0.661. The highest BCUT2D eigenvalue weighted by atomic mass is 19.1. The number of nitrogens with one attached hydrogen (secondary N) is 2. The Hall–Kier alpha value is -3.47. The molecule has 0 bridgehead atoms. The summed E-state index contributed by atoms with van der Waals surface area (Å²) in [5.41, 5.74) is 2.11. The Labute approximate surface area is 163 Å². The van der Waals surface area contributed by atoms with Crippen molar-refractivity contribution in [1.82, 2.24) is 10.6 Å². The molecule has 3 aromatic rings. The lowest BCUT2D eigenvalue weighted by Gasteiger charge is -2.19. The zero-order valence-electron chi connectivity index (χ0n) is 15.3. The van der Waals surface area contributed by atoms with E-state index in [1.807, 2.05) is 24.3 Å². The maximum atomic E-state index is 13.0. The second-order valence-corrected chi connectivity index (χ2v) is 6.35. The van der Waals surface area contributed by atoms with Crippen molar-refractivity contribution in [3.63, 3.8) is 0 Å². The standard InChI is InChI=1S/C23H21FN2O2/c24-20-13-11-17(12-14-20)15-16-25-23(28)21(18-7-3-1-4-8-18)26-22(27)19-9-5-2-6-10-19/h1-14,21H,15-16H2,(H,25,28)(H,26,27). The Morgan fingerprint density at radius 1 is 0.821 bits per heavy atom. The van der Waals surface area contributed by atoms with Crippen LogP contribution in [0.25, 0.3) is 0 Å². The Morgan fingerprint density at radius 3 is 2.07 bits per heavy atom. The summed E-state index contributed by atoms with van der Waals surface area (Å²) in [4.78, 5) is 25.3. The average Bonchev–Trinajstić information content (AvgIpc) is 2.74. The normalized spacial score (nSPS) is 11.5. The van der Waals surface area contributed by atoms with Crippen LogP contribution in [0.15, 0.2) is 84.9 Å². The molecule has 0 aliphatic carbocycles. The first-order chi connectivity index (χ1) is 13.6. The van der Waals surface area contributed by atoms with Gasteiger partial charge in [-0.1, -0.05) is 60.7 Å². The molecule has 0 radical (unpaired) electrons. The highest BCUT2D eigenvalue weighted by Gasteiger charge is 2.22. The SMILES string of the molecule is O=C(NC(C(=O)NCCc1ccc(F)cc1)c1ccccc1)c1ccccc1. The van der Waals surface area contributed by atoms with Gasteiger partial charge < -0.3 is 10.6 Å². The monoisotopic (exact) mass is 376 g/mol. The van der Waals surface area contributed by atoms with E-state index in [-0.39, 0.29) is 17.6 Å². The molecule has 2 N–H and O–H groups in total. The van der Waals surface area contributed by atoms with Gasteiger partial charge in [0.25, 0.3) is 5.91 Å². The van der Waals surface area contributed by atoms with Gasteiger partial charge in [0.2, 0.25) is 5.91 Å². The Morgan fingerprint density at radius 2 is 1.43 bits per heavy atom. The molecule has 1 unspecified atom stereocenters. The summed E-state index contributed by atoms with van der Waals surface area (Å²) >= 11 is 0. The fraction of sp³-hybridized carbons (Fsp3) is 0.130. The van der Waals surface area contributed by atoms with Crippen LogP contribution in [-0.4, -0.2) is 18.4 Å². The van der Waals surface area contributed by atoms with Crippen LogP contribution in [0.3, 0.4) is 0 Å². The van der Waals surface area contributed by atoms with E-state index in [1.165, 1.54) is 12.1 Å². The van der Waals surface area contributed by atoms with E-state index in [0.29, 0.717) is 24.1 Å². The molecule has 2 amide bonds. The number of benzene rings is 3. The molecular formula is C23H21FN2O2. The maximum absolute atomic E-state index is 13.0. The first-order valence-corrected chi connectivity index (χ1v) is 9.06. The van der Waals surface area contributed by atoms with Gasteiger partial charge in [0.1, 0.15) is 11.9 Å². The van der Waals surface area contributed by atoms with Crippen molar-refractivity contribution >= 4 is 11.8 Å². The second-order valence-electron chi connectivity index (χ2n) is 6.35. The molecule has 0 spiro atoms. The largest absolute Gasteiger partial charge is 0.354 e. The van der Waals surface area contributed by atoms with Crippen molar-refractivity contribution in [2.24, 2.45) is 0 Å². The van der Waals surface area contributed by atoms with Gasteiger partial charge in [0, 0.05) is 12.1 Å². The Balaban J connectivity index is 1.67. The molecule has 1 atom stereocenters. The lowest BCUT2D eigenvalue weighted by molar-refractivity contribution is -0.123. The molecule has 0 saturated carbocycles. The second kappa shape index (κ2) is 9.46. The highest BCUT2D eigenvalue weighted by molar-refractivity contribution is 5.97. The van der Waals surface area contributed by atoms with Crippen molar-refractivity contribution in [2.45, 2.75) is 12.5 Å². The molecule has 3 rings (SSSR count). The fourth-order valence-corrected chi connectivity index (χ4v) is 2.83. The predicted octanol–water partition coefficient (Wildman–Crippen LogP) is 3.66. The summed E-state index contributed by atoms with van der Waals surface area (Å²) < 4.78 is 13.0. The third-order valence-electron chi connectivity index (χ3n) is 4.33. The van der Waals surface area contributed by atoms with Gasteiger partial charge in [0.05, 0.1) is 0 Å². The molecule has 142 valence electrons. The number of hydrogen-bond donors (Lipinski definition) is 2.